The standard InChI is InChI=1S/C22H29FN4O5S/c1-14(2)30-22(28)26-9-6-15(7-10-26)21-24-20(25-31-21)16-8-11-27(13-16)19-5-4-17(12-18(19)23)33-32-29-3/h4-5,12,14-16H,6-11,13H2,1-3H3/t16-/m0/s1. The van der Waals surface area contributed by atoms with Crippen molar-refractivity contribution in [1.29, 1.82) is 0 Å². The summed E-state index contributed by atoms with van der Waals surface area (Å²) in [5.74, 6) is 1.18. The molecule has 1 amide bonds. The maximum atomic E-state index is 14.6. The number of benzene rings is 1. The minimum atomic E-state index is -0.308. The molecule has 4 rings (SSSR count). The predicted octanol–water partition coefficient (Wildman–Crippen LogP) is 4.51. The summed E-state index contributed by atoms with van der Waals surface area (Å²) in [7, 11) is 1.40. The quantitative estimate of drug-likeness (QED) is 0.322. The van der Waals surface area contributed by atoms with Crippen LogP contribution in [0.1, 0.15) is 56.7 Å². The van der Waals surface area contributed by atoms with Crippen LogP contribution in [-0.4, -0.2) is 60.5 Å². The molecule has 33 heavy (non-hydrogen) atoms. The third kappa shape index (κ3) is 5.77. The monoisotopic (exact) mass is 480 g/mol. The van der Waals surface area contributed by atoms with Gasteiger partial charge in [0.15, 0.2) is 5.82 Å². The van der Waals surface area contributed by atoms with E-state index in [0.29, 0.717) is 48.5 Å². The normalized spacial score (nSPS) is 19.5. The number of piperidine rings is 1. The number of ether oxygens (including phenoxy) is 1. The number of aromatic nitrogens is 2. The topological polar surface area (TPSA) is 90.2 Å². The van der Waals surface area contributed by atoms with Crippen molar-refractivity contribution in [1.82, 2.24) is 15.0 Å². The fraction of sp³-hybridized carbons (Fsp3) is 0.591. The maximum absolute atomic E-state index is 14.6. The Morgan fingerprint density at radius 2 is 1.97 bits per heavy atom. The Kier molecular flexibility index (Phi) is 7.71. The first-order valence-electron chi connectivity index (χ1n) is 11.2. The second-order valence-corrected chi connectivity index (χ2v) is 9.32. The number of halogens is 1. The molecule has 9 nitrogen and oxygen atoms in total. The molecule has 0 N–H and O–H groups in total. The minimum Gasteiger partial charge on any atom is -0.447 e. The van der Waals surface area contributed by atoms with Crippen molar-refractivity contribution in [3.05, 3.63) is 35.7 Å². The molecule has 2 aromatic rings. The summed E-state index contributed by atoms with van der Waals surface area (Å²) in [6.07, 6.45) is 1.93. The van der Waals surface area contributed by atoms with Crippen LogP contribution in [-0.2, 0) is 14.0 Å². The molecule has 2 aliphatic heterocycles. The zero-order valence-electron chi connectivity index (χ0n) is 19.0. The van der Waals surface area contributed by atoms with Gasteiger partial charge in [-0.2, -0.15) is 9.32 Å². The molecule has 3 heterocycles. The lowest BCUT2D eigenvalue weighted by Gasteiger charge is -2.30. The molecular weight excluding hydrogens is 451 g/mol. The van der Waals surface area contributed by atoms with Gasteiger partial charge in [0.05, 0.1) is 30.9 Å². The number of rotatable bonds is 7. The largest absolute Gasteiger partial charge is 0.447 e. The van der Waals surface area contributed by atoms with Gasteiger partial charge in [0.1, 0.15) is 5.82 Å². The summed E-state index contributed by atoms with van der Waals surface area (Å²) in [5, 5.41) is 4.22. The summed E-state index contributed by atoms with van der Waals surface area (Å²) in [4.78, 5) is 25.6. The zero-order chi connectivity index (χ0) is 23.4. The van der Waals surface area contributed by atoms with Gasteiger partial charge in [-0.3, -0.25) is 0 Å². The molecule has 1 aromatic carbocycles. The van der Waals surface area contributed by atoms with Crippen LogP contribution < -0.4 is 4.90 Å². The van der Waals surface area contributed by atoms with E-state index >= 15 is 0 Å². The van der Waals surface area contributed by atoms with Crippen LogP contribution in [0.2, 0.25) is 0 Å². The molecule has 11 heteroatoms. The number of nitrogens with zero attached hydrogens (tertiary/aromatic N) is 4. The first-order valence-corrected chi connectivity index (χ1v) is 11.9. The Morgan fingerprint density at radius 1 is 1.21 bits per heavy atom. The number of carbonyl (C=O) groups excluding carboxylic acids is 1. The third-order valence-corrected chi connectivity index (χ3v) is 6.56. The van der Waals surface area contributed by atoms with E-state index in [1.54, 1.807) is 17.0 Å². The first kappa shape index (κ1) is 23.8. The van der Waals surface area contributed by atoms with Crippen LogP contribution in [0.4, 0.5) is 14.9 Å². The lowest BCUT2D eigenvalue weighted by atomic mass is 9.97. The molecule has 0 unspecified atom stereocenters. The van der Waals surface area contributed by atoms with Crippen molar-refractivity contribution in [2.45, 2.75) is 55.9 Å². The molecule has 2 saturated heterocycles. The highest BCUT2D eigenvalue weighted by Crippen LogP contribution is 2.34. The van der Waals surface area contributed by atoms with Crippen LogP contribution in [0.25, 0.3) is 0 Å². The molecule has 2 fully saturated rings. The summed E-state index contributed by atoms with van der Waals surface area (Å²) < 4.78 is 30.3. The highest BCUT2D eigenvalue weighted by atomic mass is 32.2. The van der Waals surface area contributed by atoms with Crippen molar-refractivity contribution in [3.8, 4) is 0 Å². The Balaban J connectivity index is 1.32. The second-order valence-electron chi connectivity index (χ2n) is 8.55. The van der Waals surface area contributed by atoms with Gasteiger partial charge >= 0.3 is 6.09 Å². The molecular formula is C22H29FN4O5S. The molecule has 1 aromatic heterocycles. The highest BCUT2D eigenvalue weighted by Gasteiger charge is 2.32. The van der Waals surface area contributed by atoms with Gasteiger partial charge in [-0.05, 0) is 51.3 Å². The lowest BCUT2D eigenvalue weighted by molar-refractivity contribution is -0.160. The van der Waals surface area contributed by atoms with Gasteiger partial charge in [0.2, 0.25) is 5.89 Å². The number of amides is 1. The molecule has 0 bridgehead atoms. The summed E-state index contributed by atoms with van der Waals surface area (Å²) >= 11 is 0.962. The Hall–Kier alpha value is -2.37. The van der Waals surface area contributed by atoms with Crippen molar-refractivity contribution >= 4 is 23.8 Å². The molecule has 0 spiro atoms. The van der Waals surface area contributed by atoms with Crippen LogP contribution in [0.15, 0.2) is 27.6 Å². The van der Waals surface area contributed by atoms with E-state index < -0.39 is 0 Å². The van der Waals surface area contributed by atoms with E-state index in [2.05, 4.69) is 15.0 Å². The number of anilines is 1. The van der Waals surface area contributed by atoms with Crippen LogP contribution in [0.3, 0.4) is 0 Å². The van der Waals surface area contributed by atoms with Crippen LogP contribution in [0, 0.1) is 5.82 Å². The fourth-order valence-electron chi connectivity index (χ4n) is 4.22. The Labute approximate surface area is 196 Å². The number of carbonyl (C=O) groups is 1. The second kappa shape index (κ2) is 10.7. The molecule has 0 aliphatic carbocycles. The third-order valence-electron chi connectivity index (χ3n) is 5.91. The molecule has 2 aliphatic rings. The summed E-state index contributed by atoms with van der Waals surface area (Å²) in [6, 6.07) is 4.98. The Bertz CT molecular complexity index is 951. The van der Waals surface area contributed by atoms with Gasteiger partial charge in [-0.25, -0.2) is 14.1 Å². The Morgan fingerprint density at radius 3 is 2.67 bits per heavy atom. The van der Waals surface area contributed by atoms with Gasteiger partial charge < -0.3 is 19.1 Å². The number of likely N-dealkylation sites (tertiary alicyclic amines) is 1. The van der Waals surface area contributed by atoms with E-state index in [-0.39, 0.29) is 29.9 Å². The van der Waals surface area contributed by atoms with Crippen LogP contribution in [0.5, 0.6) is 0 Å². The van der Waals surface area contributed by atoms with Crippen molar-refractivity contribution in [2.24, 2.45) is 0 Å². The van der Waals surface area contributed by atoms with Crippen molar-refractivity contribution < 1.29 is 27.7 Å². The average molecular weight is 481 g/mol. The lowest BCUT2D eigenvalue weighted by Crippen LogP contribution is -2.39. The first-order chi connectivity index (χ1) is 15.9. The fourth-order valence-corrected chi connectivity index (χ4v) is 4.64. The van der Waals surface area contributed by atoms with Gasteiger partial charge in [0.25, 0.3) is 0 Å². The zero-order valence-corrected chi connectivity index (χ0v) is 19.8. The molecule has 180 valence electrons. The van der Waals surface area contributed by atoms with Gasteiger partial charge in [0, 0.05) is 42.9 Å². The number of hydrogen-bond donors (Lipinski definition) is 0. The molecule has 1 atom stereocenters. The molecule has 0 radical (unpaired) electrons. The van der Waals surface area contributed by atoms with E-state index in [0.717, 1.165) is 31.3 Å². The minimum absolute atomic E-state index is 0.0777. The van der Waals surface area contributed by atoms with E-state index in [4.69, 9.17) is 13.6 Å². The van der Waals surface area contributed by atoms with E-state index in [9.17, 15) is 9.18 Å². The van der Waals surface area contributed by atoms with Crippen molar-refractivity contribution in [2.75, 3.05) is 38.2 Å². The van der Waals surface area contributed by atoms with Gasteiger partial charge in [-0.1, -0.05) is 5.16 Å². The van der Waals surface area contributed by atoms with E-state index in [1.165, 1.54) is 13.2 Å². The predicted molar refractivity (Wildman–Crippen MR) is 119 cm³/mol. The summed E-state index contributed by atoms with van der Waals surface area (Å²) in [6.45, 7) is 6.23. The van der Waals surface area contributed by atoms with E-state index in [1.807, 2.05) is 18.7 Å². The maximum Gasteiger partial charge on any atom is 0.410 e. The SMILES string of the molecule is COOSc1ccc(N2CC[C@H](c3noc(C4CCN(C(=O)OC(C)C)CC4)n3)C2)c(F)c1. The van der Waals surface area contributed by atoms with Crippen LogP contribution >= 0.6 is 12.0 Å². The average Bonchev–Trinajstić information content (AvgIpc) is 3.47. The van der Waals surface area contributed by atoms with Gasteiger partial charge in [-0.15, -0.1) is 0 Å². The molecule has 0 saturated carbocycles. The number of hydrogen-bond acceptors (Lipinski definition) is 9. The smallest absolute Gasteiger partial charge is 0.410 e. The summed E-state index contributed by atoms with van der Waals surface area (Å²) in [5.41, 5.74) is 0.545. The van der Waals surface area contributed by atoms with Crippen molar-refractivity contribution in [3.63, 3.8) is 0 Å². The highest BCUT2D eigenvalue weighted by molar-refractivity contribution is 7.94.